The zero-order chi connectivity index (χ0) is 12.5. The molecule has 5 heteroatoms. The molecule has 0 radical (unpaired) electrons. The van der Waals surface area contributed by atoms with Crippen LogP contribution >= 0.6 is 0 Å². The van der Waals surface area contributed by atoms with Crippen molar-refractivity contribution in [1.29, 1.82) is 0 Å². The maximum Gasteiger partial charge on any atom is 0.306 e. The number of benzene rings is 1. The molecular formula is C12H14N2O3. The van der Waals surface area contributed by atoms with Crippen molar-refractivity contribution in [2.45, 2.75) is 18.4 Å². The van der Waals surface area contributed by atoms with Gasteiger partial charge in [0.25, 0.3) is 0 Å². The van der Waals surface area contributed by atoms with Crippen molar-refractivity contribution in [2.24, 2.45) is 11.7 Å². The summed E-state index contributed by atoms with van der Waals surface area (Å²) in [5.74, 6) is -1.87. The third kappa shape index (κ3) is 2.08. The van der Waals surface area contributed by atoms with Crippen molar-refractivity contribution in [3.05, 3.63) is 30.3 Å². The van der Waals surface area contributed by atoms with E-state index < -0.39 is 23.3 Å². The molecule has 1 aromatic rings. The molecule has 0 aromatic heterocycles. The molecule has 0 spiro atoms. The number of anilines is 1. The van der Waals surface area contributed by atoms with Gasteiger partial charge < -0.3 is 16.2 Å². The molecule has 0 saturated heterocycles. The Morgan fingerprint density at radius 1 is 1.29 bits per heavy atom. The van der Waals surface area contributed by atoms with Crippen LogP contribution in [0.1, 0.15) is 12.8 Å². The summed E-state index contributed by atoms with van der Waals surface area (Å²) < 4.78 is 0. The van der Waals surface area contributed by atoms with Gasteiger partial charge in [0, 0.05) is 5.69 Å². The van der Waals surface area contributed by atoms with Crippen LogP contribution in [-0.4, -0.2) is 22.5 Å². The minimum Gasteiger partial charge on any atom is -0.481 e. The van der Waals surface area contributed by atoms with Crippen LogP contribution in [0, 0.1) is 5.92 Å². The standard InChI is InChI=1S/C12H14N2O3/c13-11(17)12(6-8(7-12)10(15)16)14-9-4-2-1-3-5-9/h1-5,8,14H,6-7H2,(H2,13,17)(H,15,16). The Labute approximate surface area is 98.6 Å². The third-order valence-corrected chi connectivity index (χ3v) is 3.17. The number of amides is 1. The van der Waals surface area contributed by atoms with Crippen LogP contribution in [0.25, 0.3) is 0 Å². The predicted molar refractivity (Wildman–Crippen MR) is 62.3 cm³/mol. The minimum atomic E-state index is -0.912. The molecule has 90 valence electrons. The second kappa shape index (κ2) is 4.08. The van der Waals surface area contributed by atoms with Gasteiger partial charge in [0.15, 0.2) is 0 Å². The lowest BCUT2D eigenvalue weighted by Crippen LogP contribution is -2.60. The molecular weight excluding hydrogens is 220 g/mol. The van der Waals surface area contributed by atoms with Gasteiger partial charge in [-0.2, -0.15) is 0 Å². The second-order valence-electron chi connectivity index (χ2n) is 4.38. The van der Waals surface area contributed by atoms with E-state index in [9.17, 15) is 9.59 Å². The molecule has 1 aliphatic carbocycles. The van der Waals surface area contributed by atoms with Crippen LogP contribution in [0.5, 0.6) is 0 Å². The van der Waals surface area contributed by atoms with Crippen molar-refractivity contribution in [2.75, 3.05) is 5.32 Å². The van der Waals surface area contributed by atoms with E-state index in [-0.39, 0.29) is 12.8 Å². The van der Waals surface area contributed by atoms with Gasteiger partial charge in [-0.1, -0.05) is 18.2 Å². The Morgan fingerprint density at radius 2 is 1.88 bits per heavy atom. The first-order valence-electron chi connectivity index (χ1n) is 5.39. The van der Waals surface area contributed by atoms with E-state index >= 15 is 0 Å². The summed E-state index contributed by atoms with van der Waals surface area (Å²) in [6.45, 7) is 0. The number of carbonyl (C=O) groups is 2. The number of nitrogens with two attached hydrogens (primary N) is 1. The van der Waals surface area contributed by atoms with Crippen molar-refractivity contribution in [1.82, 2.24) is 0 Å². The normalized spacial score (nSPS) is 26.9. The minimum absolute atomic E-state index is 0.243. The molecule has 0 aliphatic heterocycles. The number of para-hydroxylation sites is 1. The monoisotopic (exact) mass is 234 g/mol. The van der Waals surface area contributed by atoms with E-state index in [2.05, 4.69) is 5.32 Å². The fraction of sp³-hybridized carbons (Fsp3) is 0.333. The molecule has 17 heavy (non-hydrogen) atoms. The van der Waals surface area contributed by atoms with E-state index in [4.69, 9.17) is 10.8 Å². The quantitative estimate of drug-likeness (QED) is 0.719. The third-order valence-electron chi connectivity index (χ3n) is 3.17. The summed E-state index contributed by atoms with van der Waals surface area (Å²) in [7, 11) is 0. The molecule has 0 atom stereocenters. The molecule has 0 unspecified atom stereocenters. The van der Waals surface area contributed by atoms with Gasteiger partial charge >= 0.3 is 5.97 Å². The average Bonchev–Trinajstić information content (AvgIpc) is 2.23. The summed E-state index contributed by atoms with van der Waals surface area (Å²) >= 11 is 0. The maximum absolute atomic E-state index is 11.4. The average molecular weight is 234 g/mol. The number of hydrogen-bond acceptors (Lipinski definition) is 3. The number of hydrogen-bond donors (Lipinski definition) is 3. The number of carboxylic acids is 1. The summed E-state index contributed by atoms with van der Waals surface area (Å²) in [5, 5.41) is 11.9. The Kier molecular flexibility index (Phi) is 2.75. The molecule has 4 N–H and O–H groups in total. The zero-order valence-electron chi connectivity index (χ0n) is 9.22. The molecule has 1 aliphatic rings. The Balaban J connectivity index is 2.11. The highest BCUT2D eigenvalue weighted by atomic mass is 16.4. The van der Waals surface area contributed by atoms with Crippen molar-refractivity contribution in [3.8, 4) is 0 Å². The number of rotatable bonds is 4. The molecule has 1 amide bonds. The number of carboxylic acid groups (broad SMARTS) is 1. The van der Waals surface area contributed by atoms with E-state index in [0.717, 1.165) is 5.69 Å². The van der Waals surface area contributed by atoms with Crippen LogP contribution in [0.2, 0.25) is 0 Å². The van der Waals surface area contributed by atoms with Crippen LogP contribution < -0.4 is 11.1 Å². The van der Waals surface area contributed by atoms with Crippen molar-refractivity contribution < 1.29 is 14.7 Å². The maximum atomic E-state index is 11.4. The fourth-order valence-corrected chi connectivity index (χ4v) is 2.12. The summed E-state index contributed by atoms with van der Waals surface area (Å²) in [6, 6.07) is 9.18. The fourth-order valence-electron chi connectivity index (χ4n) is 2.12. The van der Waals surface area contributed by atoms with E-state index in [1.165, 1.54) is 0 Å². The Morgan fingerprint density at radius 3 is 2.35 bits per heavy atom. The lowest BCUT2D eigenvalue weighted by molar-refractivity contribution is -0.148. The zero-order valence-corrected chi connectivity index (χ0v) is 9.22. The highest BCUT2D eigenvalue weighted by molar-refractivity contribution is 5.91. The van der Waals surface area contributed by atoms with Gasteiger partial charge in [0.2, 0.25) is 5.91 Å². The van der Waals surface area contributed by atoms with Gasteiger partial charge in [0.1, 0.15) is 5.54 Å². The molecule has 1 saturated carbocycles. The van der Waals surface area contributed by atoms with Crippen LogP contribution in [0.15, 0.2) is 30.3 Å². The van der Waals surface area contributed by atoms with Gasteiger partial charge in [-0.3, -0.25) is 9.59 Å². The number of carbonyl (C=O) groups excluding carboxylic acids is 1. The van der Waals surface area contributed by atoms with E-state index in [1.807, 2.05) is 30.3 Å². The number of nitrogens with one attached hydrogen (secondary N) is 1. The van der Waals surface area contributed by atoms with Gasteiger partial charge in [-0.15, -0.1) is 0 Å². The van der Waals surface area contributed by atoms with Gasteiger partial charge in [-0.25, -0.2) is 0 Å². The lowest BCUT2D eigenvalue weighted by Gasteiger charge is -2.44. The molecule has 1 aromatic carbocycles. The summed E-state index contributed by atoms with van der Waals surface area (Å²) in [5.41, 5.74) is 5.21. The molecule has 0 bridgehead atoms. The van der Waals surface area contributed by atoms with Crippen LogP contribution in [0.4, 0.5) is 5.69 Å². The molecule has 1 fully saturated rings. The predicted octanol–water partition coefficient (Wildman–Crippen LogP) is 0.817. The second-order valence-corrected chi connectivity index (χ2v) is 4.38. The van der Waals surface area contributed by atoms with E-state index in [0.29, 0.717) is 0 Å². The Hall–Kier alpha value is -2.04. The Bertz CT molecular complexity index is 438. The summed E-state index contributed by atoms with van der Waals surface area (Å²) in [4.78, 5) is 22.2. The SMILES string of the molecule is NC(=O)C1(Nc2ccccc2)CC(C(=O)O)C1. The van der Waals surface area contributed by atoms with Crippen LogP contribution in [0.3, 0.4) is 0 Å². The van der Waals surface area contributed by atoms with Crippen molar-refractivity contribution in [3.63, 3.8) is 0 Å². The van der Waals surface area contributed by atoms with Crippen LogP contribution in [-0.2, 0) is 9.59 Å². The number of primary amides is 1. The largest absolute Gasteiger partial charge is 0.481 e. The van der Waals surface area contributed by atoms with Gasteiger partial charge in [-0.05, 0) is 25.0 Å². The topological polar surface area (TPSA) is 92.4 Å². The number of aliphatic carboxylic acids is 1. The van der Waals surface area contributed by atoms with Crippen molar-refractivity contribution >= 4 is 17.6 Å². The lowest BCUT2D eigenvalue weighted by atomic mass is 9.67. The molecule has 2 rings (SSSR count). The summed E-state index contributed by atoms with van der Waals surface area (Å²) in [6.07, 6.45) is 0.485. The highest BCUT2D eigenvalue weighted by Gasteiger charge is 2.52. The first-order chi connectivity index (χ1) is 8.03. The highest BCUT2D eigenvalue weighted by Crippen LogP contribution is 2.40. The first-order valence-corrected chi connectivity index (χ1v) is 5.39. The smallest absolute Gasteiger partial charge is 0.306 e. The van der Waals surface area contributed by atoms with E-state index in [1.54, 1.807) is 0 Å². The molecule has 5 nitrogen and oxygen atoms in total. The van der Waals surface area contributed by atoms with Gasteiger partial charge in [0.05, 0.1) is 5.92 Å². The first kappa shape index (κ1) is 11.4. The molecule has 0 heterocycles.